The number of anilines is 1. The highest BCUT2D eigenvalue weighted by molar-refractivity contribution is 5.80. The number of H-pyrrole nitrogens is 1. The van der Waals surface area contributed by atoms with E-state index in [1.54, 1.807) is 12.4 Å². The molecule has 0 aromatic carbocycles. The number of nitrogens with zero attached hydrogens (tertiary/aromatic N) is 3. The Morgan fingerprint density at radius 3 is 2.72 bits per heavy atom. The molecule has 3 N–H and O–H groups in total. The van der Waals surface area contributed by atoms with E-state index in [0.29, 0.717) is 5.95 Å². The predicted molar refractivity (Wildman–Crippen MR) is 70.1 cm³/mol. The Hall–Kier alpha value is -2.43. The topological polar surface area (TPSA) is 80.5 Å². The van der Waals surface area contributed by atoms with E-state index in [9.17, 15) is 0 Å². The van der Waals surface area contributed by atoms with Crippen LogP contribution in [0.2, 0.25) is 0 Å². The third-order valence-electron chi connectivity index (χ3n) is 2.87. The fourth-order valence-corrected chi connectivity index (χ4v) is 1.98. The van der Waals surface area contributed by atoms with Crippen LogP contribution in [-0.4, -0.2) is 19.9 Å². The smallest absolute Gasteiger partial charge is 0.219 e. The van der Waals surface area contributed by atoms with Gasteiger partial charge >= 0.3 is 0 Å². The monoisotopic (exact) mass is 239 g/mol. The molecule has 0 saturated heterocycles. The molecule has 3 heterocycles. The molecule has 0 spiro atoms. The summed E-state index contributed by atoms with van der Waals surface area (Å²) in [5.74, 6) is 0.301. The van der Waals surface area contributed by atoms with Crippen LogP contribution in [0.3, 0.4) is 0 Å². The number of aromatic nitrogens is 4. The first-order valence-corrected chi connectivity index (χ1v) is 5.71. The van der Waals surface area contributed by atoms with E-state index in [0.717, 1.165) is 28.6 Å². The number of pyridine rings is 1. The summed E-state index contributed by atoms with van der Waals surface area (Å²) >= 11 is 0. The van der Waals surface area contributed by atoms with E-state index in [1.165, 1.54) is 5.56 Å². The van der Waals surface area contributed by atoms with Crippen molar-refractivity contribution < 1.29 is 0 Å². The molecule has 90 valence electrons. The van der Waals surface area contributed by atoms with E-state index >= 15 is 0 Å². The Labute approximate surface area is 104 Å². The standard InChI is InChI=1S/C13H13N5/c1-8-2-11-10(7-16-12(11)15-4-8)3-9-5-17-13(14)18-6-9/h2,4-7H,3H2,1H3,(H,15,16)(H2,14,17,18). The largest absolute Gasteiger partial charge is 0.368 e. The molecule has 0 radical (unpaired) electrons. The van der Waals surface area contributed by atoms with Crippen LogP contribution in [0, 0.1) is 6.92 Å². The van der Waals surface area contributed by atoms with E-state index in [1.807, 2.05) is 19.3 Å². The summed E-state index contributed by atoms with van der Waals surface area (Å²) in [6.07, 6.45) is 8.11. The van der Waals surface area contributed by atoms with Crippen molar-refractivity contribution in [1.82, 2.24) is 19.9 Å². The second kappa shape index (κ2) is 4.10. The Bertz CT molecular complexity index is 684. The first kappa shape index (κ1) is 10.7. The molecular formula is C13H13N5. The van der Waals surface area contributed by atoms with Crippen molar-refractivity contribution in [1.29, 1.82) is 0 Å². The zero-order chi connectivity index (χ0) is 12.5. The molecule has 0 amide bonds. The van der Waals surface area contributed by atoms with Gasteiger partial charge in [-0.05, 0) is 29.7 Å². The molecule has 18 heavy (non-hydrogen) atoms. The predicted octanol–water partition coefficient (Wildman–Crippen LogP) is 1.83. The first-order chi connectivity index (χ1) is 8.72. The Morgan fingerprint density at radius 1 is 1.17 bits per heavy atom. The van der Waals surface area contributed by atoms with E-state index in [-0.39, 0.29) is 0 Å². The summed E-state index contributed by atoms with van der Waals surface area (Å²) in [5.41, 5.74) is 9.75. The van der Waals surface area contributed by atoms with Gasteiger partial charge in [0.1, 0.15) is 5.65 Å². The summed E-state index contributed by atoms with van der Waals surface area (Å²) in [5, 5.41) is 1.15. The molecule has 0 aliphatic heterocycles. The lowest BCUT2D eigenvalue weighted by atomic mass is 10.1. The third kappa shape index (κ3) is 1.90. The minimum Gasteiger partial charge on any atom is -0.368 e. The molecule has 0 fully saturated rings. The number of fused-ring (bicyclic) bond motifs is 1. The number of hydrogen-bond acceptors (Lipinski definition) is 4. The second-order valence-corrected chi connectivity index (χ2v) is 4.35. The second-order valence-electron chi connectivity index (χ2n) is 4.35. The van der Waals surface area contributed by atoms with E-state index in [4.69, 9.17) is 5.73 Å². The quantitative estimate of drug-likeness (QED) is 0.715. The van der Waals surface area contributed by atoms with Gasteiger partial charge in [-0.15, -0.1) is 0 Å². The fourth-order valence-electron chi connectivity index (χ4n) is 1.98. The summed E-state index contributed by atoms with van der Waals surface area (Å²) in [6.45, 7) is 2.04. The SMILES string of the molecule is Cc1cnc2[nH]cc(Cc3cnc(N)nc3)c2c1. The number of aryl methyl sites for hydroxylation is 1. The number of nitrogens with one attached hydrogen (secondary N) is 1. The maximum absolute atomic E-state index is 5.47. The van der Waals surface area contributed by atoms with Gasteiger partial charge < -0.3 is 10.7 Å². The van der Waals surface area contributed by atoms with Crippen molar-refractivity contribution in [3.05, 3.63) is 47.5 Å². The van der Waals surface area contributed by atoms with Crippen molar-refractivity contribution in [2.24, 2.45) is 0 Å². The summed E-state index contributed by atoms with van der Waals surface area (Å²) in [4.78, 5) is 15.5. The summed E-state index contributed by atoms with van der Waals surface area (Å²) in [7, 11) is 0. The number of nitrogens with two attached hydrogens (primary N) is 1. The lowest BCUT2D eigenvalue weighted by Gasteiger charge is -2.00. The highest BCUT2D eigenvalue weighted by Crippen LogP contribution is 2.20. The maximum atomic E-state index is 5.47. The molecule has 5 nitrogen and oxygen atoms in total. The van der Waals surface area contributed by atoms with Crippen LogP contribution < -0.4 is 5.73 Å². The van der Waals surface area contributed by atoms with Gasteiger partial charge in [0.25, 0.3) is 0 Å². The van der Waals surface area contributed by atoms with Gasteiger partial charge in [-0.1, -0.05) is 0 Å². The zero-order valence-electron chi connectivity index (χ0n) is 10.0. The minimum atomic E-state index is 0.301. The van der Waals surface area contributed by atoms with Crippen molar-refractivity contribution in [2.45, 2.75) is 13.3 Å². The Kier molecular flexibility index (Phi) is 2.44. The lowest BCUT2D eigenvalue weighted by molar-refractivity contribution is 1.09. The molecule has 0 bridgehead atoms. The van der Waals surface area contributed by atoms with Crippen molar-refractivity contribution in [3.8, 4) is 0 Å². The molecule has 0 saturated carbocycles. The number of rotatable bonds is 2. The average Bonchev–Trinajstić information content (AvgIpc) is 2.75. The highest BCUT2D eigenvalue weighted by Gasteiger charge is 2.06. The van der Waals surface area contributed by atoms with Crippen molar-refractivity contribution >= 4 is 17.0 Å². The van der Waals surface area contributed by atoms with E-state index < -0.39 is 0 Å². The van der Waals surface area contributed by atoms with Gasteiger partial charge in [-0.2, -0.15) is 0 Å². The molecule has 0 unspecified atom stereocenters. The lowest BCUT2D eigenvalue weighted by Crippen LogP contribution is -1.96. The van der Waals surface area contributed by atoms with Crippen molar-refractivity contribution in [3.63, 3.8) is 0 Å². The van der Waals surface area contributed by atoms with Crippen LogP contribution in [0.15, 0.2) is 30.9 Å². The summed E-state index contributed by atoms with van der Waals surface area (Å²) < 4.78 is 0. The average molecular weight is 239 g/mol. The number of nitrogen functional groups attached to an aromatic ring is 1. The third-order valence-corrected chi connectivity index (χ3v) is 2.87. The van der Waals surface area contributed by atoms with Gasteiger partial charge in [-0.3, -0.25) is 0 Å². The minimum absolute atomic E-state index is 0.301. The highest BCUT2D eigenvalue weighted by atomic mass is 15.0. The van der Waals surface area contributed by atoms with Gasteiger partial charge in [0.05, 0.1) is 0 Å². The van der Waals surface area contributed by atoms with Crippen molar-refractivity contribution in [2.75, 3.05) is 5.73 Å². The van der Waals surface area contributed by atoms with Gasteiger partial charge in [-0.25, -0.2) is 15.0 Å². The van der Waals surface area contributed by atoms with Crippen LogP contribution in [0.5, 0.6) is 0 Å². The molecule has 3 aromatic heterocycles. The first-order valence-electron chi connectivity index (χ1n) is 5.71. The molecule has 0 aliphatic rings. The Balaban J connectivity index is 1.99. The molecule has 0 atom stereocenters. The number of aromatic amines is 1. The Morgan fingerprint density at radius 2 is 1.94 bits per heavy atom. The zero-order valence-corrected chi connectivity index (χ0v) is 10.0. The summed E-state index contributed by atoms with van der Waals surface area (Å²) in [6, 6.07) is 2.13. The van der Waals surface area contributed by atoms with Crippen LogP contribution in [0.1, 0.15) is 16.7 Å². The van der Waals surface area contributed by atoms with Crippen LogP contribution in [-0.2, 0) is 6.42 Å². The van der Waals surface area contributed by atoms with Gasteiger partial charge in [0, 0.05) is 36.6 Å². The molecule has 0 aliphatic carbocycles. The molecule has 3 rings (SSSR count). The van der Waals surface area contributed by atoms with E-state index in [2.05, 4.69) is 26.0 Å². The molecule has 3 aromatic rings. The van der Waals surface area contributed by atoms with Crippen LogP contribution in [0.25, 0.3) is 11.0 Å². The van der Waals surface area contributed by atoms with Crippen LogP contribution in [0.4, 0.5) is 5.95 Å². The van der Waals surface area contributed by atoms with Gasteiger partial charge in [0.2, 0.25) is 5.95 Å². The normalized spacial score (nSPS) is 10.9. The maximum Gasteiger partial charge on any atom is 0.219 e. The molecule has 5 heteroatoms. The van der Waals surface area contributed by atoms with Crippen LogP contribution >= 0.6 is 0 Å². The fraction of sp³-hybridized carbons (Fsp3) is 0.154. The van der Waals surface area contributed by atoms with Gasteiger partial charge in [0.15, 0.2) is 0 Å². The molecular weight excluding hydrogens is 226 g/mol. The number of hydrogen-bond donors (Lipinski definition) is 2.